The highest BCUT2D eigenvalue weighted by atomic mass is 32.2. The summed E-state index contributed by atoms with van der Waals surface area (Å²) in [6.07, 6.45) is -2.27. The van der Waals surface area contributed by atoms with Gasteiger partial charge in [0.1, 0.15) is 5.40 Å². The largest absolute Gasteiger partial charge is 0.389 e. The molecule has 0 radical (unpaired) electrons. The van der Waals surface area contributed by atoms with Crippen molar-refractivity contribution in [1.82, 2.24) is 0 Å². The number of rotatable bonds is 6. The normalized spacial score (nSPS) is 11.2. The van der Waals surface area contributed by atoms with Gasteiger partial charge in [-0.1, -0.05) is 12.8 Å². The fourth-order valence-corrected chi connectivity index (χ4v) is 1.34. The molecule has 0 aromatic carbocycles. The van der Waals surface area contributed by atoms with Crippen LogP contribution in [0, 0.1) is 10.7 Å². The highest BCUT2D eigenvalue weighted by Crippen LogP contribution is 2.22. The summed E-state index contributed by atoms with van der Waals surface area (Å²) in [6, 6.07) is 0. The van der Waals surface area contributed by atoms with E-state index in [1.54, 1.807) is 0 Å². The molecule has 76 valence electrons. The van der Waals surface area contributed by atoms with Crippen LogP contribution in [0.5, 0.6) is 0 Å². The fourth-order valence-electron chi connectivity index (χ4n) is 0.899. The minimum Gasteiger partial charge on any atom is -0.185 e. The van der Waals surface area contributed by atoms with E-state index in [9.17, 15) is 13.2 Å². The molecule has 1 nitrogen and oxygen atoms in total. The molecule has 0 atom stereocenters. The van der Waals surface area contributed by atoms with E-state index in [2.05, 4.69) is 0 Å². The molecule has 0 spiro atoms. The minimum atomic E-state index is -4.01. The number of thioether (sulfide) groups is 1. The van der Waals surface area contributed by atoms with Gasteiger partial charge in [-0.2, -0.15) is 18.4 Å². The lowest BCUT2D eigenvalue weighted by atomic mass is 10.1. The second-order valence-corrected chi connectivity index (χ2v) is 3.60. The number of alkyl halides is 3. The Morgan fingerprint density at radius 1 is 1.08 bits per heavy atom. The van der Waals surface area contributed by atoms with Crippen molar-refractivity contribution >= 4 is 11.8 Å². The number of unbranched alkanes of at least 4 members (excludes halogenated alkanes) is 3. The molecule has 0 unspecified atom stereocenters. The quantitative estimate of drug-likeness (QED) is 0.494. The van der Waals surface area contributed by atoms with Gasteiger partial charge in [0.2, 0.25) is 0 Å². The Balaban J connectivity index is 3.05. The van der Waals surface area contributed by atoms with Crippen LogP contribution in [-0.2, 0) is 0 Å². The third-order valence-electron chi connectivity index (χ3n) is 1.52. The van der Waals surface area contributed by atoms with Crippen LogP contribution in [-0.4, -0.2) is 11.9 Å². The molecule has 0 aliphatic rings. The standard InChI is InChI=1S/C8H12F3NS/c9-8(10,11)5-3-1-2-4-6-13-7-12/h1-6H2. The lowest BCUT2D eigenvalue weighted by Crippen LogP contribution is -2.06. The Hall–Kier alpha value is -0.370. The van der Waals surface area contributed by atoms with E-state index in [-0.39, 0.29) is 6.42 Å². The summed E-state index contributed by atoms with van der Waals surface area (Å²) < 4.78 is 34.9. The lowest BCUT2D eigenvalue weighted by molar-refractivity contribution is -0.135. The first-order chi connectivity index (χ1) is 6.06. The Bertz CT molecular complexity index is 162. The monoisotopic (exact) mass is 211 g/mol. The molecule has 0 saturated carbocycles. The summed E-state index contributed by atoms with van der Waals surface area (Å²) in [7, 11) is 0. The van der Waals surface area contributed by atoms with Crippen molar-refractivity contribution in [3.8, 4) is 5.40 Å². The Kier molecular flexibility index (Phi) is 6.87. The number of hydrogen-bond acceptors (Lipinski definition) is 2. The molecule has 0 fully saturated rings. The molecule has 0 aromatic rings. The van der Waals surface area contributed by atoms with Crippen LogP contribution in [0.15, 0.2) is 0 Å². The van der Waals surface area contributed by atoms with Gasteiger partial charge in [0, 0.05) is 12.2 Å². The number of nitriles is 1. The molecule has 0 amide bonds. The molecule has 0 rings (SSSR count). The Morgan fingerprint density at radius 3 is 2.23 bits per heavy atom. The molecule has 0 aliphatic heterocycles. The third-order valence-corrected chi connectivity index (χ3v) is 2.14. The SMILES string of the molecule is N#CSCCCCCCC(F)(F)F. The number of thiocyanates is 1. The minimum absolute atomic E-state index is 0.209. The topological polar surface area (TPSA) is 23.8 Å². The fraction of sp³-hybridized carbons (Fsp3) is 0.875. The maximum absolute atomic E-state index is 11.6. The van der Waals surface area contributed by atoms with E-state index in [0.29, 0.717) is 6.42 Å². The molecule has 0 aromatic heterocycles. The molecule has 0 heterocycles. The van der Waals surface area contributed by atoms with Crippen molar-refractivity contribution < 1.29 is 13.2 Å². The smallest absolute Gasteiger partial charge is 0.185 e. The van der Waals surface area contributed by atoms with E-state index < -0.39 is 12.6 Å². The third kappa shape index (κ3) is 11.6. The predicted molar refractivity (Wildman–Crippen MR) is 47.2 cm³/mol. The van der Waals surface area contributed by atoms with Gasteiger partial charge in [-0.3, -0.25) is 0 Å². The van der Waals surface area contributed by atoms with E-state index in [0.717, 1.165) is 30.4 Å². The molecular weight excluding hydrogens is 199 g/mol. The lowest BCUT2D eigenvalue weighted by Gasteiger charge is -2.04. The summed E-state index contributed by atoms with van der Waals surface area (Å²) in [5.74, 6) is 0.725. The van der Waals surface area contributed by atoms with Crippen LogP contribution in [0.3, 0.4) is 0 Å². The first kappa shape index (κ1) is 12.6. The van der Waals surface area contributed by atoms with E-state index in [4.69, 9.17) is 5.26 Å². The maximum Gasteiger partial charge on any atom is 0.389 e. The molecule has 0 bridgehead atoms. The summed E-state index contributed by atoms with van der Waals surface area (Å²) in [4.78, 5) is 0. The molecule has 0 aliphatic carbocycles. The summed E-state index contributed by atoms with van der Waals surface area (Å²) >= 11 is 1.16. The van der Waals surface area contributed by atoms with Crippen molar-refractivity contribution in [3.05, 3.63) is 0 Å². The van der Waals surface area contributed by atoms with E-state index in [1.807, 2.05) is 5.40 Å². The maximum atomic E-state index is 11.6. The second kappa shape index (κ2) is 7.07. The highest BCUT2D eigenvalue weighted by Gasteiger charge is 2.25. The van der Waals surface area contributed by atoms with Crippen molar-refractivity contribution in [2.75, 3.05) is 5.75 Å². The first-order valence-corrected chi connectivity index (χ1v) is 5.12. The van der Waals surface area contributed by atoms with Crippen LogP contribution < -0.4 is 0 Å². The molecule has 0 N–H and O–H groups in total. The van der Waals surface area contributed by atoms with Crippen LogP contribution >= 0.6 is 11.8 Å². The zero-order valence-electron chi connectivity index (χ0n) is 7.23. The van der Waals surface area contributed by atoms with Gasteiger partial charge in [0.15, 0.2) is 0 Å². The second-order valence-electron chi connectivity index (χ2n) is 2.72. The van der Waals surface area contributed by atoms with E-state index >= 15 is 0 Å². The van der Waals surface area contributed by atoms with Gasteiger partial charge in [0.25, 0.3) is 0 Å². The first-order valence-electron chi connectivity index (χ1n) is 4.14. The molecular formula is C8H12F3NS. The summed E-state index contributed by atoms with van der Waals surface area (Å²) in [6.45, 7) is 0. The molecule has 0 saturated heterocycles. The number of halogens is 3. The molecule has 13 heavy (non-hydrogen) atoms. The van der Waals surface area contributed by atoms with Crippen molar-refractivity contribution in [1.29, 1.82) is 5.26 Å². The van der Waals surface area contributed by atoms with Gasteiger partial charge >= 0.3 is 6.18 Å². The van der Waals surface area contributed by atoms with Crippen LogP contribution in [0.1, 0.15) is 32.1 Å². The van der Waals surface area contributed by atoms with Gasteiger partial charge in [-0.15, -0.1) is 0 Å². The summed E-state index contributed by atoms with van der Waals surface area (Å²) in [5, 5.41) is 10.1. The Labute approximate surface area is 80.3 Å². The van der Waals surface area contributed by atoms with Crippen LogP contribution in [0.4, 0.5) is 13.2 Å². The van der Waals surface area contributed by atoms with Crippen molar-refractivity contribution in [3.63, 3.8) is 0 Å². The van der Waals surface area contributed by atoms with Gasteiger partial charge in [-0.25, -0.2) is 0 Å². The zero-order valence-corrected chi connectivity index (χ0v) is 8.05. The van der Waals surface area contributed by atoms with Crippen molar-refractivity contribution in [2.45, 2.75) is 38.3 Å². The van der Waals surface area contributed by atoms with Crippen LogP contribution in [0.25, 0.3) is 0 Å². The number of hydrogen-bond donors (Lipinski definition) is 0. The van der Waals surface area contributed by atoms with E-state index in [1.165, 1.54) is 0 Å². The van der Waals surface area contributed by atoms with Gasteiger partial charge in [0.05, 0.1) is 0 Å². The highest BCUT2D eigenvalue weighted by molar-refractivity contribution is 8.03. The predicted octanol–water partition coefficient (Wildman–Crippen LogP) is 3.71. The van der Waals surface area contributed by atoms with Gasteiger partial charge in [-0.05, 0) is 24.6 Å². The summed E-state index contributed by atoms with van der Waals surface area (Å²) in [5.41, 5.74) is 0. The average Bonchev–Trinajstić information content (AvgIpc) is 2.01. The molecule has 5 heteroatoms. The van der Waals surface area contributed by atoms with Crippen molar-refractivity contribution in [2.24, 2.45) is 0 Å². The number of nitrogens with zero attached hydrogens (tertiary/aromatic N) is 1. The zero-order chi connectivity index (χ0) is 10.2. The Morgan fingerprint density at radius 2 is 1.69 bits per heavy atom. The van der Waals surface area contributed by atoms with Crippen LogP contribution in [0.2, 0.25) is 0 Å². The average molecular weight is 211 g/mol. The van der Waals surface area contributed by atoms with Gasteiger partial charge < -0.3 is 0 Å².